The molecule has 0 bridgehead atoms. The highest BCUT2D eigenvalue weighted by Crippen LogP contribution is 2.30. The normalized spacial score (nSPS) is 12.7. The van der Waals surface area contributed by atoms with Crippen molar-refractivity contribution >= 4 is 27.5 Å². The zero-order chi connectivity index (χ0) is 15.6. The van der Waals surface area contributed by atoms with Crippen LogP contribution in [-0.2, 0) is 19.4 Å². The van der Waals surface area contributed by atoms with Crippen molar-refractivity contribution in [2.24, 2.45) is 5.73 Å². The van der Waals surface area contributed by atoms with Gasteiger partial charge in [-0.05, 0) is 47.3 Å². The van der Waals surface area contributed by atoms with Crippen molar-refractivity contribution in [2.45, 2.75) is 46.2 Å². The summed E-state index contributed by atoms with van der Waals surface area (Å²) in [5, 5.41) is 5.38. The largest absolute Gasteiger partial charge is 0.324 e. The summed E-state index contributed by atoms with van der Waals surface area (Å²) in [6.45, 7) is 7.03. The number of rotatable bonds is 5. The molecule has 0 aliphatic rings. The molecule has 21 heavy (non-hydrogen) atoms. The molecule has 0 spiro atoms. The summed E-state index contributed by atoms with van der Waals surface area (Å²) in [5.41, 5.74) is 10.7. The molecular weight excluding hydrogens is 350 g/mol. The highest BCUT2D eigenvalue weighted by Gasteiger charge is 2.19. The van der Waals surface area contributed by atoms with Crippen LogP contribution in [0.3, 0.4) is 0 Å². The first-order valence-corrected chi connectivity index (χ1v) is 8.41. The van der Waals surface area contributed by atoms with Crippen LogP contribution in [0.1, 0.15) is 42.4 Å². The second kappa shape index (κ2) is 6.95. The molecule has 0 aliphatic heterocycles. The molecule has 0 radical (unpaired) electrons. The predicted molar refractivity (Wildman–Crippen MR) is 91.8 cm³/mol. The van der Waals surface area contributed by atoms with Crippen LogP contribution in [0.5, 0.6) is 0 Å². The molecule has 1 atom stereocenters. The molecule has 3 nitrogen and oxygen atoms in total. The predicted octanol–water partition coefficient (Wildman–Crippen LogP) is 4.43. The van der Waals surface area contributed by atoms with Gasteiger partial charge in [0.15, 0.2) is 0 Å². The zero-order valence-electron chi connectivity index (χ0n) is 12.7. The molecule has 2 rings (SSSR count). The number of nitrogens with zero attached hydrogens (tertiary/aromatic N) is 2. The topological polar surface area (TPSA) is 43.8 Å². The molecule has 2 aromatic rings. The summed E-state index contributed by atoms with van der Waals surface area (Å²) >= 11 is 10.1. The van der Waals surface area contributed by atoms with Gasteiger partial charge in [-0.3, -0.25) is 4.68 Å². The molecule has 0 amide bonds. The molecule has 1 aromatic heterocycles. The minimum Gasteiger partial charge on any atom is -0.324 e. The van der Waals surface area contributed by atoms with Gasteiger partial charge in [-0.15, -0.1) is 0 Å². The van der Waals surface area contributed by atoms with E-state index in [4.69, 9.17) is 17.3 Å². The number of aromatic nitrogens is 2. The summed E-state index contributed by atoms with van der Waals surface area (Å²) in [5.74, 6) is 0. The number of aryl methyl sites for hydroxylation is 3. The van der Waals surface area contributed by atoms with Crippen LogP contribution in [0, 0.1) is 6.92 Å². The van der Waals surface area contributed by atoms with E-state index in [9.17, 15) is 0 Å². The van der Waals surface area contributed by atoms with E-state index in [1.807, 2.05) is 29.8 Å². The van der Waals surface area contributed by atoms with Gasteiger partial charge in [-0.2, -0.15) is 5.10 Å². The van der Waals surface area contributed by atoms with Crippen LogP contribution in [0.4, 0.5) is 0 Å². The lowest BCUT2D eigenvalue weighted by Gasteiger charge is -2.16. The summed E-state index contributed by atoms with van der Waals surface area (Å²) < 4.78 is 3.10. The van der Waals surface area contributed by atoms with Gasteiger partial charge in [0.05, 0.1) is 15.9 Å². The van der Waals surface area contributed by atoms with Crippen molar-refractivity contribution in [1.82, 2.24) is 9.78 Å². The Morgan fingerprint density at radius 3 is 2.71 bits per heavy atom. The number of benzene rings is 1. The quantitative estimate of drug-likeness (QED) is 0.846. The molecule has 1 heterocycles. The highest BCUT2D eigenvalue weighted by molar-refractivity contribution is 9.10. The van der Waals surface area contributed by atoms with Crippen LogP contribution in [-0.4, -0.2) is 9.78 Å². The van der Waals surface area contributed by atoms with Gasteiger partial charge >= 0.3 is 0 Å². The fraction of sp³-hybridized carbons (Fsp3) is 0.438. The summed E-state index contributed by atoms with van der Waals surface area (Å²) in [4.78, 5) is 0. The average molecular weight is 371 g/mol. The van der Waals surface area contributed by atoms with E-state index in [0.717, 1.165) is 45.0 Å². The third-order valence-electron chi connectivity index (χ3n) is 3.73. The molecule has 114 valence electrons. The Morgan fingerprint density at radius 1 is 1.38 bits per heavy atom. The monoisotopic (exact) mass is 369 g/mol. The lowest BCUT2D eigenvalue weighted by Crippen LogP contribution is -2.17. The second-order valence-corrected chi connectivity index (χ2v) is 6.34. The van der Waals surface area contributed by atoms with E-state index in [1.165, 1.54) is 0 Å². The number of hydrogen-bond donors (Lipinski definition) is 1. The standard InChI is InChI=1S/C16H21BrClN3/c1-4-13-15(17)14(21(5-2)20-13)9-12(19)11-8-6-7-10(3)16(11)18/h6-8,12H,4-5,9,19H2,1-3H3. The summed E-state index contributed by atoms with van der Waals surface area (Å²) in [6.07, 6.45) is 1.62. The van der Waals surface area contributed by atoms with E-state index in [-0.39, 0.29) is 6.04 Å². The lowest BCUT2D eigenvalue weighted by molar-refractivity contribution is 0.584. The molecule has 0 fully saturated rings. The van der Waals surface area contributed by atoms with Gasteiger partial charge in [0, 0.05) is 24.0 Å². The van der Waals surface area contributed by atoms with Crippen molar-refractivity contribution in [1.29, 1.82) is 0 Å². The third-order valence-corrected chi connectivity index (χ3v) is 5.16. The molecule has 0 aliphatic carbocycles. The van der Waals surface area contributed by atoms with Gasteiger partial charge in [-0.1, -0.05) is 36.7 Å². The maximum Gasteiger partial charge on any atom is 0.0766 e. The Kier molecular flexibility index (Phi) is 5.47. The van der Waals surface area contributed by atoms with Crippen molar-refractivity contribution in [2.75, 3.05) is 0 Å². The molecule has 0 saturated heterocycles. The van der Waals surface area contributed by atoms with Crippen LogP contribution in [0.25, 0.3) is 0 Å². The molecule has 5 heteroatoms. The van der Waals surface area contributed by atoms with Gasteiger partial charge in [-0.25, -0.2) is 0 Å². The van der Waals surface area contributed by atoms with E-state index in [1.54, 1.807) is 0 Å². The highest BCUT2D eigenvalue weighted by atomic mass is 79.9. The summed E-state index contributed by atoms with van der Waals surface area (Å²) in [6, 6.07) is 5.86. The zero-order valence-corrected chi connectivity index (χ0v) is 15.0. The van der Waals surface area contributed by atoms with Crippen molar-refractivity contribution in [3.8, 4) is 0 Å². The average Bonchev–Trinajstić information content (AvgIpc) is 2.78. The molecular formula is C16H21BrClN3. The van der Waals surface area contributed by atoms with Gasteiger partial charge in [0.1, 0.15) is 0 Å². The van der Waals surface area contributed by atoms with Crippen LogP contribution in [0.15, 0.2) is 22.7 Å². The minimum absolute atomic E-state index is 0.139. The Labute approximate surface area is 139 Å². The second-order valence-electron chi connectivity index (χ2n) is 5.17. The van der Waals surface area contributed by atoms with E-state index >= 15 is 0 Å². The Balaban J connectivity index is 2.33. The smallest absolute Gasteiger partial charge is 0.0766 e. The van der Waals surface area contributed by atoms with Crippen LogP contribution >= 0.6 is 27.5 Å². The van der Waals surface area contributed by atoms with E-state index in [2.05, 4.69) is 34.9 Å². The van der Waals surface area contributed by atoms with E-state index in [0.29, 0.717) is 6.42 Å². The molecule has 0 saturated carbocycles. The molecule has 2 N–H and O–H groups in total. The Morgan fingerprint density at radius 2 is 2.10 bits per heavy atom. The number of hydrogen-bond acceptors (Lipinski definition) is 2. The minimum atomic E-state index is -0.139. The SMILES string of the molecule is CCc1nn(CC)c(CC(N)c2cccc(C)c2Cl)c1Br. The first-order valence-electron chi connectivity index (χ1n) is 7.24. The molecule has 1 unspecified atom stereocenters. The summed E-state index contributed by atoms with van der Waals surface area (Å²) in [7, 11) is 0. The fourth-order valence-electron chi connectivity index (χ4n) is 2.49. The lowest BCUT2D eigenvalue weighted by atomic mass is 10.0. The van der Waals surface area contributed by atoms with Crippen LogP contribution < -0.4 is 5.73 Å². The third kappa shape index (κ3) is 3.33. The maximum absolute atomic E-state index is 6.39. The Bertz CT molecular complexity index is 637. The van der Waals surface area contributed by atoms with Gasteiger partial charge < -0.3 is 5.73 Å². The van der Waals surface area contributed by atoms with Gasteiger partial charge in [0.25, 0.3) is 0 Å². The number of nitrogens with two attached hydrogens (primary N) is 1. The Hall–Kier alpha value is -0.840. The first-order chi connectivity index (χ1) is 9.99. The van der Waals surface area contributed by atoms with Crippen molar-refractivity contribution in [3.63, 3.8) is 0 Å². The first kappa shape index (κ1) is 16.5. The van der Waals surface area contributed by atoms with Crippen LogP contribution in [0.2, 0.25) is 5.02 Å². The number of halogens is 2. The fourth-order valence-corrected chi connectivity index (χ4v) is 3.48. The van der Waals surface area contributed by atoms with Crippen molar-refractivity contribution in [3.05, 3.63) is 50.2 Å². The molecule has 1 aromatic carbocycles. The van der Waals surface area contributed by atoms with Gasteiger partial charge in [0.2, 0.25) is 0 Å². The van der Waals surface area contributed by atoms with Crippen molar-refractivity contribution < 1.29 is 0 Å². The maximum atomic E-state index is 6.39. The van der Waals surface area contributed by atoms with E-state index < -0.39 is 0 Å².